The number of amides is 1. The highest BCUT2D eigenvalue weighted by atomic mass is 35.5. The Morgan fingerprint density at radius 2 is 2.17 bits per heavy atom. The van der Waals surface area contributed by atoms with Crippen LogP contribution in [0.25, 0.3) is 0 Å². The van der Waals surface area contributed by atoms with Crippen LogP contribution in [0.1, 0.15) is 60.7 Å². The van der Waals surface area contributed by atoms with Crippen LogP contribution in [-0.2, 0) is 0 Å². The lowest BCUT2D eigenvalue weighted by Gasteiger charge is -2.21. The van der Waals surface area contributed by atoms with Crippen LogP contribution < -0.4 is 5.32 Å². The molecule has 0 aromatic carbocycles. The Balaban J connectivity index is 1.83. The first kappa shape index (κ1) is 13.5. The Hall–Kier alpha value is -0.960. The van der Waals surface area contributed by atoms with E-state index in [1.54, 1.807) is 12.1 Å². The standard InChI is InChI=1S/C14H20ClNO2/c1-10(15)12-7-8-13(18-12)14(17)16-9-11-5-3-2-4-6-11/h7-8,10-11H,2-6,9H2,1H3,(H,16,17). The molecular weight excluding hydrogens is 250 g/mol. The Morgan fingerprint density at radius 1 is 1.44 bits per heavy atom. The van der Waals surface area contributed by atoms with Crippen LogP contribution in [0, 0.1) is 5.92 Å². The van der Waals surface area contributed by atoms with Crippen LogP contribution in [0.3, 0.4) is 0 Å². The third-order valence-corrected chi connectivity index (χ3v) is 3.73. The van der Waals surface area contributed by atoms with E-state index < -0.39 is 0 Å². The van der Waals surface area contributed by atoms with Gasteiger partial charge in [-0.05, 0) is 37.8 Å². The van der Waals surface area contributed by atoms with E-state index in [0.29, 0.717) is 17.4 Å². The summed E-state index contributed by atoms with van der Waals surface area (Å²) in [6, 6.07) is 3.44. The monoisotopic (exact) mass is 269 g/mol. The number of carbonyl (C=O) groups is 1. The maximum atomic E-state index is 11.9. The molecule has 1 unspecified atom stereocenters. The summed E-state index contributed by atoms with van der Waals surface area (Å²) in [5, 5.41) is 2.74. The molecular formula is C14H20ClNO2. The van der Waals surface area contributed by atoms with Crippen molar-refractivity contribution in [2.24, 2.45) is 5.92 Å². The van der Waals surface area contributed by atoms with Gasteiger partial charge in [0, 0.05) is 6.54 Å². The Morgan fingerprint density at radius 3 is 2.78 bits per heavy atom. The van der Waals surface area contributed by atoms with E-state index in [1.807, 2.05) is 6.92 Å². The van der Waals surface area contributed by atoms with Crippen molar-refractivity contribution in [3.8, 4) is 0 Å². The van der Waals surface area contributed by atoms with Crippen molar-refractivity contribution in [2.75, 3.05) is 6.54 Å². The van der Waals surface area contributed by atoms with Gasteiger partial charge in [0.05, 0.1) is 5.38 Å². The molecule has 1 N–H and O–H groups in total. The number of carbonyl (C=O) groups excluding carboxylic acids is 1. The molecule has 0 spiro atoms. The average molecular weight is 270 g/mol. The molecule has 0 radical (unpaired) electrons. The van der Waals surface area contributed by atoms with E-state index >= 15 is 0 Å². The van der Waals surface area contributed by atoms with Crippen LogP contribution in [0.15, 0.2) is 16.5 Å². The minimum atomic E-state index is -0.204. The quantitative estimate of drug-likeness (QED) is 0.843. The molecule has 1 heterocycles. The zero-order valence-electron chi connectivity index (χ0n) is 10.7. The molecule has 18 heavy (non-hydrogen) atoms. The molecule has 1 aromatic heterocycles. The second kappa shape index (κ2) is 6.28. The average Bonchev–Trinajstić information content (AvgIpc) is 2.87. The lowest BCUT2D eigenvalue weighted by Crippen LogP contribution is -2.29. The van der Waals surface area contributed by atoms with Crippen molar-refractivity contribution in [3.63, 3.8) is 0 Å². The smallest absolute Gasteiger partial charge is 0.287 e. The van der Waals surface area contributed by atoms with Crippen LogP contribution >= 0.6 is 11.6 Å². The molecule has 1 fully saturated rings. The molecule has 1 saturated carbocycles. The van der Waals surface area contributed by atoms with Crippen molar-refractivity contribution in [2.45, 2.75) is 44.4 Å². The van der Waals surface area contributed by atoms with Gasteiger partial charge in [0.25, 0.3) is 5.91 Å². The Labute approximate surface area is 113 Å². The van der Waals surface area contributed by atoms with Crippen LogP contribution in [0.5, 0.6) is 0 Å². The Bertz CT molecular complexity index is 394. The van der Waals surface area contributed by atoms with E-state index in [1.165, 1.54) is 32.1 Å². The first-order valence-corrected chi connectivity index (χ1v) is 7.12. The molecule has 1 aliphatic rings. The van der Waals surface area contributed by atoms with Gasteiger partial charge >= 0.3 is 0 Å². The van der Waals surface area contributed by atoms with E-state index in [2.05, 4.69) is 5.32 Å². The highest BCUT2D eigenvalue weighted by Crippen LogP contribution is 2.23. The largest absolute Gasteiger partial charge is 0.454 e. The third kappa shape index (κ3) is 3.52. The van der Waals surface area contributed by atoms with Gasteiger partial charge < -0.3 is 9.73 Å². The second-order valence-electron chi connectivity index (χ2n) is 5.03. The summed E-state index contributed by atoms with van der Waals surface area (Å²) in [5.41, 5.74) is 0. The van der Waals surface area contributed by atoms with Crippen molar-refractivity contribution in [3.05, 3.63) is 23.7 Å². The molecule has 1 aliphatic carbocycles. The number of hydrogen-bond acceptors (Lipinski definition) is 2. The number of halogens is 1. The van der Waals surface area contributed by atoms with E-state index in [9.17, 15) is 4.79 Å². The van der Waals surface area contributed by atoms with E-state index in [-0.39, 0.29) is 11.3 Å². The summed E-state index contributed by atoms with van der Waals surface area (Å²) in [6.07, 6.45) is 6.36. The highest BCUT2D eigenvalue weighted by molar-refractivity contribution is 6.20. The molecule has 0 saturated heterocycles. The molecule has 100 valence electrons. The molecule has 1 atom stereocenters. The van der Waals surface area contributed by atoms with Gasteiger partial charge in [-0.25, -0.2) is 0 Å². The molecule has 3 nitrogen and oxygen atoms in total. The van der Waals surface area contributed by atoms with Gasteiger partial charge in [-0.15, -0.1) is 11.6 Å². The zero-order chi connectivity index (χ0) is 13.0. The van der Waals surface area contributed by atoms with E-state index in [4.69, 9.17) is 16.0 Å². The molecule has 0 aliphatic heterocycles. The first-order valence-electron chi connectivity index (χ1n) is 6.69. The lowest BCUT2D eigenvalue weighted by molar-refractivity contribution is 0.0914. The topological polar surface area (TPSA) is 42.2 Å². The van der Waals surface area contributed by atoms with Crippen molar-refractivity contribution in [1.82, 2.24) is 5.32 Å². The molecule has 4 heteroatoms. The fraction of sp³-hybridized carbons (Fsp3) is 0.643. The van der Waals surface area contributed by atoms with Gasteiger partial charge in [0.15, 0.2) is 5.76 Å². The summed E-state index contributed by atoms with van der Waals surface area (Å²) in [7, 11) is 0. The van der Waals surface area contributed by atoms with Crippen molar-refractivity contribution >= 4 is 17.5 Å². The van der Waals surface area contributed by atoms with Gasteiger partial charge in [-0.3, -0.25) is 4.79 Å². The normalized spacial score (nSPS) is 18.6. The van der Waals surface area contributed by atoms with Gasteiger partial charge in [0.1, 0.15) is 5.76 Å². The minimum absolute atomic E-state index is 0.135. The summed E-state index contributed by atoms with van der Waals surface area (Å²) in [6.45, 7) is 2.58. The number of hydrogen-bond donors (Lipinski definition) is 1. The highest BCUT2D eigenvalue weighted by Gasteiger charge is 2.17. The zero-order valence-corrected chi connectivity index (χ0v) is 11.5. The van der Waals surface area contributed by atoms with Gasteiger partial charge in [-0.2, -0.15) is 0 Å². The van der Waals surface area contributed by atoms with Crippen LogP contribution in [-0.4, -0.2) is 12.5 Å². The SMILES string of the molecule is CC(Cl)c1ccc(C(=O)NCC2CCCCC2)o1. The predicted octanol–water partition coefficient (Wildman–Crippen LogP) is 3.89. The predicted molar refractivity (Wildman–Crippen MR) is 71.9 cm³/mol. The molecule has 2 rings (SSSR count). The van der Waals surface area contributed by atoms with Crippen molar-refractivity contribution in [1.29, 1.82) is 0 Å². The molecule has 1 aromatic rings. The maximum absolute atomic E-state index is 11.9. The summed E-state index contributed by atoms with van der Waals surface area (Å²) < 4.78 is 5.40. The number of alkyl halides is 1. The summed E-state index contributed by atoms with van der Waals surface area (Å²) in [4.78, 5) is 11.9. The number of rotatable bonds is 4. The lowest BCUT2D eigenvalue weighted by atomic mass is 9.89. The maximum Gasteiger partial charge on any atom is 0.287 e. The number of nitrogens with one attached hydrogen (secondary N) is 1. The Kier molecular flexibility index (Phi) is 4.70. The third-order valence-electron chi connectivity index (χ3n) is 3.52. The van der Waals surface area contributed by atoms with Crippen LogP contribution in [0.4, 0.5) is 0 Å². The summed E-state index contributed by atoms with van der Waals surface area (Å²) >= 11 is 5.89. The van der Waals surface area contributed by atoms with Gasteiger partial charge in [-0.1, -0.05) is 19.3 Å². The minimum Gasteiger partial charge on any atom is -0.454 e. The molecule has 1 amide bonds. The second-order valence-corrected chi connectivity index (χ2v) is 5.69. The van der Waals surface area contributed by atoms with E-state index in [0.717, 1.165) is 6.54 Å². The molecule has 0 bridgehead atoms. The van der Waals surface area contributed by atoms with Crippen molar-refractivity contribution < 1.29 is 9.21 Å². The number of furan rings is 1. The fourth-order valence-electron chi connectivity index (χ4n) is 2.40. The summed E-state index contributed by atoms with van der Waals surface area (Å²) in [5.74, 6) is 1.49. The van der Waals surface area contributed by atoms with Crippen LogP contribution in [0.2, 0.25) is 0 Å². The fourth-order valence-corrected chi connectivity index (χ4v) is 2.52. The first-order chi connectivity index (χ1) is 8.66. The van der Waals surface area contributed by atoms with Gasteiger partial charge in [0.2, 0.25) is 0 Å².